The summed E-state index contributed by atoms with van der Waals surface area (Å²) in [4.78, 5) is 11.1. The van der Waals surface area contributed by atoms with Gasteiger partial charge in [0.25, 0.3) is 0 Å². The molecule has 13 heavy (non-hydrogen) atoms. The third kappa shape index (κ3) is 3.06. The van der Waals surface area contributed by atoms with Gasteiger partial charge in [-0.3, -0.25) is 4.79 Å². The van der Waals surface area contributed by atoms with E-state index in [0.29, 0.717) is 12.0 Å². The van der Waals surface area contributed by atoms with Gasteiger partial charge in [0.05, 0.1) is 6.07 Å². The van der Waals surface area contributed by atoms with Crippen LogP contribution in [0.4, 0.5) is 0 Å². The third-order valence-electron chi connectivity index (χ3n) is 2.70. The lowest BCUT2D eigenvalue weighted by Gasteiger charge is -2.29. The number of carbonyl (C=O) groups excluding carboxylic acids is 1. The molecule has 1 amide bonds. The highest BCUT2D eigenvalue weighted by atomic mass is 16.1. The maximum atomic E-state index is 11.1. The van der Waals surface area contributed by atoms with Crippen LogP contribution in [0.25, 0.3) is 0 Å². The molecule has 0 saturated heterocycles. The second-order valence-corrected chi connectivity index (χ2v) is 3.77. The molecule has 0 unspecified atom stereocenters. The quantitative estimate of drug-likeness (QED) is 0.701. The minimum absolute atomic E-state index is 0.0107. The van der Waals surface area contributed by atoms with Crippen molar-refractivity contribution in [3.8, 4) is 6.07 Å². The van der Waals surface area contributed by atoms with Crippen molar-refractivity contribution in [2.24, 2.45) is 5.92 Å². The summed E-state index contributed by atoms with van der Waals surface area (Å²) < 4.78 is 0. The highest BCUT2D eigenvalue weighted by Gasteiger charge is 2.22. The molecular weight excluding hydrogens is 164 g/mol. The van der Waals surface area contributed by atoms with Crippen molar-refractivity contribution >= 4 is 5.91 Å². The molecule has 0 aromatic carbocycles. The smallest absolute Gasteiger partial charge is 0.234 e. The molecule has 0 radical (unpaired) electrons. The predicted molar refractivity (Wildman–Crippen MR) is 49.8 cm³/mol. The van der Waals surface area contributed by atoms with Crippen LogP contribution in [0.15, 0.2) is 0 Å². The Labute approximate surface area is 79.1 Å². The maximum Gasteiger partial charge on any atom is 0.234 e. The van der Waals surface area contributed by atoms with Crippen molar-refractivity contribution in [2.45, 2.75) is 45.1 Å². The topological polar surface area (TPSA) is 52.9 Å². The van der Waals surface area contributed by atoms with E-state index >= 15 is 0 Å². The van der Waals surface area contributed by atoms with Gasteiger partial charge >= 0.3 is 0 Å². The van der Waals surface area contributed by atoms with Gasteiger partial charge in [-0.05, 0) is 18.8 Å². The highest BCUT2D eigenvalue weighted by molar-refractivity contribution is 5.78. The van der Waals surface area contributed by atoms with Gasteiger partial charge in [0.2, 0.25) is 5.91 Å². The van der Waals surface area contributed by atoms with E-state index in [0.717, 1.165) is 6.42 Å². The first-order valence-corrected chi connectivity index (χ1v) is 4.90. The van der Waals surface area contributed by atoms with Crippen LogP contribution in [-0.2, 0) is 4.79 Å². The van der Waals surface area contributed by atoms with Gasteiger partial charge in [0.15, 0.2) is 0 Å². The van der Waals surface area contributed by atoms with Crippen LogP contribution in [0.5, 0.6) is 0 Å². The molecule has 1 N–H and O–H groups in total. The lowest BCUT2D eigenvalue weighted by Crippen LogP contribution is -2.40. The van der Waals surface area contributed by atoms with E-state index in [1.807, 2.05) is 6.07 Å². The minimum Gasteiger partial charge on any atom is -0.352 e. The van der Waals surface area contributed by atoms with E-state index in [-0.39, 0.29) is 12.3 Å². The first-order chi connectivity index (χ1) is 6.24. The van der Waals surface area contributed by atoms with Gasteiger partial charge in [-0.25, -0.2) is 0 Å². The van der Waals surface area contributed by atoms with Crippen LogP contribution < -0.4 is 5.32 Å². The van der Waals surface area contributed by atoms with E-state index in [1.165, 1.54) is 19.3 Å². The number of rotatable bonds is 2. The lowest BCUT2D eigenvalue weighted by atomic mass is 9.86. The lowest BCUT2D eigenvalue weighted by molar-refractivity contribution is -0.121. The van der Waals surface area contributed by atoms with Gasteiger partial charge in [-0.1, -0.05) is 19.8 Å². The molecule has 1 fully saturated rings. The Morgan fingerprint density at radius 2 is 2.23 bits per heavy atom. The Kier molecular flexibility index (Phi) is 3.75. The summed E-state index contributed by atoms with van der Waals surface area (Å²) in [5, 5.41) is 11.2. The molecule has 0 aliphatic heterocycles. The Hall–Kier alpha value is -1.04. The van der Waals surface area contributed by atoms with E-state index < -0.39 is 0 Å². The number of nitriles is 1. The van der Waals surface area contributed by atoms with Crippen LogP contribution in [0.1, 0.15) is 39.0 Å². The number of amides is 1. The Morgan fingerprint density at radius 3 is 2.85 bits per heavy atom. The van der Waals surface area contributed by atoms with Gasteiger partial charge in [-0.2, -0.15) is 5.26 Å². The van der Waals surface area contributed by atoms with E-state index in [1.54, 1.807) is 0 Å². The molecule has 1 aliphatic rings. The van der Waals surface area contributed by atoms with E-state index in [2.05, 4.69) is 12.2 Å². The molecule has 0 aromatic heterocycles. The molecule has 2 atom stereocenters. The van der Waals surface area contributed by atoms with E-state index in [4.69, 9.17) is 5.26 Å². The van der Waals surface area contributed by atoms with Crippen molar-refractivity contribution in [3.05, 3.63) is 0 Å². The molecule has 0 spiro atoms. The molecule has 3 nitrogen and oxygen atoms in total. The van der Waals surface area contributed by atoms with Crippen molar-refractivity contribution in [2.75, 3.05) is 0 Å². The van der Waals surface area contributed by atoms with Crippen LogP contribution in [-0.4, -0.2) is 11.9 Å². The zero-order valence-electron chi connectivity index (χ0n) is 8.05. The first kappa shape index (κ1) is 10.0. The maximum absolute atomic E-state index is 11.1. The average Bonchev–Trinajstić information content (AvgIpc) is 2.09. The van der Waals surface area contributed by atoms with Crippen molar-refractivity contribution < 1.29 is 4.79 Å². The van der Waals surface area contributed by atoms with Crippen molar-refractivity contribution in [3.63, 3.8) is 0 Å². The Morgan fingerprint density at radius 1 is 1.54 bits per heavy atom. The van der Waals surface area contributed by atoms with E-state index in [9.17, 15) is 4.79 Å². The number of hydrogen-bond donors (Lipinski definition) is 1. The number of nitrogens with zero attached hydrogens (tertiary/aromatic N) is 1. The number of nitrogens with one attached hydrogen (secondary N) is 1. The SMILES string of the molecule is C[C@H]1CCCC[C@@H]1NC(=O)CC#N. The monoisotopic (exact) mass is 180 g/mol. The second-order valence-electron chi connectivity index (χ2n) is 3.77. The minimum atomic E-state index is -0.124. The third-order valence-corrected chi connectivity index (χ3v) is 2.70. The molecule has 3 heteroatoms. The van der Waals surface area contributed by atoms with Crippen LogP contribution in [0.3, 0.4) is 0 Å². The average molecular weight is 180 g/mol. The molecule has 1 saturated carbocycles. The zero-order valence-corrected chi connectivity index (χ0v) is 8.05. The number of carbonyl (C=O) groups is 1. The van der Waals surface area contributed by atoms with Crippen LogP contribution in [0, 0.1) is 17.2 Å². The summed E-state index contributed by atoms with van der Waals surface area (Å²) >= 11 is 0. The summed E-state index contributed by atoms with van der Waals surface area (Å²) in [6.07, 6.45) is 4.71. The zero-order chi connectivity index (χ0) is 9.68. The summed E-state index contributed by atoms with van der Waals surface area (Å²) in [5.74, 6) is 0.442. The molecule has 1 aliphatic carbocycles. The summed E-state index contributed by atoms with van der Waals surface area (Å²) in [6, 6.07) is 2.16. The summed E-state index contributed by atoms with van der Waals surface area (Å²) in [6.45, 7) is 2.16. The highest BCUT2D eigenvalue weighted by Crippen LogP contribution is 2.23. The van der Waals surface area contributed by atoms with Gasteiger partial charge in [-0.15, -0.1) is 0 Å². The standard InChI is InChI=1S/C10H16N2O/c1-8-4-2-3-5-9(8)12-10(13)6-7-11/h8-9H,2-6H2,1H3,(H,12,13)/t8-,9-/m0/s1. The molecule has 0 heterocycles. The Balaban J connectivity index is 2.34. The molecular formula is C10H16N2O. The Bertz CT molecular complexity index is 219. The largest absolute Gasteiger partial charge is 0.352 e. The van der Waals surface area contributed by atoms with Gasteiger partial charge in [0, 0.05) is 6.04 Å². The van der Waals surface area contributed by atoms with Crippen molar-refractivity contribution in [1.29, 1.82) is 5.26 Å². The molecule has 72 valence electrons. The molecule has 1 rings (SSSR count). The fourth-order valence-electron chi connectivity index (χ4n) is 1.86. The molecule has 0 aromatic rings. The number of hydrogen-bond acceptors (Lipinski definition) is 2. The fraction of sp³-hybridized carbons (Fsp3) is 0.800. The normalized spacial score (nSPS) is 27.7. The van der Waals surface area contributed by atoms with Gasteiger partial charge in [0.1, 0.15) is 6.42 Å². The van der Waals surface area contributed by atoms with Crippen molar-refractivity contribution in [1.82, 2.24) is 5.32 Å². The summed E-state index contributed by atoms with van der Waals surface area (Å²) in [7, 11) is 0. The predicted octanol–water partition coefficient (Wildman–Crippen LogP) is 1.59. The summed E-state index contributed by atoms with van der Waals surface area (Å²) in [5.41, 5.74) is 0. The van der Waals surface area contributed by atoms with Crippen LogP contribution in [0.2, 0.25) is 0 Å². The second kappa shape index (κ2) is 4.86. The van der Waals surface area contributed by atoms with Gasteiger partial charge < -0.3 is 5.32 Å². The van der Waals surface area contributed by atoms with Crippen LogP contribution >= 0.6 is 0 Å². The first-order valence-electron chi connectivity index (χ1n) is 4.90. The fourth-order valence-corrected chi connectivity index (χ4v) is 1.86. The molecule has 0 bridgehead atoms.